The fraction of sp³-hybridized carbons (Fsp3) is 0. The third-order valence-corrected chi connectivity index (χ3v) is 2.82. The van der Waals surface area contributed by atoms with Crippen LogP contribution in [0.5, 0.6) is 0 Å². The highest BCUT2D eigenvalue weighted by atomic mass is 79.9. The minimum absolute atomic E-state index is 0.00234. The molecule has 0 saturated carbocycles. The zero-order chi connectivity index (χ0) is 13.3. The van der Waals surface area contributed by atoms with E-state index in [0.717, 1.165) is 16.8 Å². The van der Waals surface area contributed by atoms with E-state index in [1.165, 1.54) is 24.3 Å². The maximum atomic E-state index is 13.6. The molecule has 6 heteroatoms. The molecule has 0 aliphatic carbocycles. The summed E-state index contributed by atoms with van der Waals surface area (Å²) in [5.41, 5.74) is -0.594. The van der Waals surface area contributed by atoms with Gasteiger partial charge in [0.1, 0.15) is 5.82 Å². The lowest BCUT2D eigenvalue weighted by atomic mass is 10.2. The van der Waals surface area contributed by atoms with Gasteiger partial charge in [0.25, 0.3) is 5.56 Å². The van der Waals surface area contributed by atoms with Gasteiger partial charge in [0.2, 0.25) is 0 Å². The third kappa shape index (κ3) is 2.33. The average Bonchev–Trinajstić information content (AvgIpc) is 2.33. The maximum absolute atomic E-state index is 13.6. The van der Waals surface area contributed by atoms with Crippen LogP contribution in [0.3, 0.4) is 0 Å². The SMILES string of the molecule is O=C(O)c1ccc(=O)n(-c2cc(Br)ccc2F)c1. The van der Waals surface area contributed by atoms with Crippen molar-refractivity contribution in [2.24, 2.45) is 0 Å². The molecule has 18 heavy (non-hydrogen) atoms. The highest BCUT2D eigenvalue weighted by molar-refractivity contribution is 9.10. The second-order valence-corrected chi connectivity index (χ2v) is 4.44. The number of hydrogen-bond donors (Lipinski definition) is 1. The van der Waals surface area contributed by atoms with Crippen LogP contribution < -0.4 is 5.56 Å². The summed E-state index contributed by atoms with van der Waals surface area (Å²) in [6.45, 7) is 0. The summed E-state index contributed by atoms with van der Waals surface area (Å²) in [4.78, 5) is 22.5. The van der Waals surface area contributed by atoms with Crippen molar-refractivity contribution >= 4 is 21.9 Å². The fourth-order valence-corrected chi connectivity index (χ4v) is 1.82. The van der Waals surface area contributed by atoms with Gasteiger partial charge >= 0.3 is 5.97 Å². The molecular weight excluding hydrogens is 305 g/mol. The Morgan fingerprint density at radius 1 is 1.28 bits per heavy atom. The van der Waals surface area contributed by atoms with Crippen LogP contribution in [0.25, 0.3) is 5.69 Å². The molecule has 0 aliphatic heterocycles. The number of aromatic nitrogens is 1. The summed E-state index contributed by atoms with van der Waals surface area (Å²) >= 11 is 3.17. The molecule has 0 atom stereocenters. The second-order valence-electron chi connectivity index (χ2n) is 3.53. The number of halogens is 2. The zero-order valence-electron chi connectivity index (χ0n) is 8.93. The van der Waals surface area contributed by atoms with Crippen molar-refractivity contribution in [3.05, 3.63) is 62.7 Å². The van der Waals surface area contributed by atoms with Crippen molar-refractivity contribution in [2.45, 2.75) is 0 Å². The van der Waals surface area contributed by atoms with Crippen LogP contribution in [0.2, 0.25) is 0 Å². The van der Waals surface area contributed by atoms with E-state index in [1.807, 2.05) is 0 Å². The van der Waals surface area contributed by atoms with Gasteiger partial charge in [-0.2, -0.15) is 0 Å². The van der Waals surface area contributed by atoms with Gasteiger partial charge in [-0.3, -0.25) is 9.36 Å². The van der Waals surface area contributed by atoms with E-state index in [1.54, 1.807) is 0 Å². The molecule has 0 aliphatic rings. The summed E-state index contributed by atoms with van der Waals surface area (Å²) in [6, 6.07) is 6.35. The van der Waals surface area contributed by atoms with Crippen molar-refractivity contribution in [3.8, 4) is 5.69 Å². The van der Waals surface area contributed by atoms with Crippen molar-refractivity contribution in [1.82, 2.24) is 4.57 Å². The molecular formula is C12H7BrFNO3. The molecule has 0 amide bonds. The molecule has 0 unspecified atom stereocenters. The first kappa shape index (κ1) is 12.5. The Morgan fingerprint density at radius 2 is 2.00 bits per heavy atom. The summed E-state index contributed by atoms with van der Waals surface area (Å²) in [5.74, 6) is -1.79. The lowest BCUT2D eigenvalue weighted by Gasteiger charge is -2.08. The number of rotatable bonds is 2. The highest BCUT2D eigenvalue weighted by Crippen LogP contribution is 2.18. The number of hydrogen-bond acceptors (Lipinski definition) is 2. The summed E-state index contributed by atoms with van der Waals surface area (Å²) < 4.78 is 15.2. The Bertz CT molecular complexity index is 681. The van der Waals surface area contributed by atoms with E-state index in [0.29, 0.717) is 4.47 Å². The topological polar surface area (TPSA) is 59.3 Å². The summed E-state index contributed by atoms with van der Waals surface area (Å²) in [6.07, 6.45) is 1.09. The molecule has 0 spiro atoms. The average molecular weight is 312 g/mol. The van der Waals surface area contributed by atoms with Crippen molar-refractivity contribution in [1.29, 1.82) is 0 Å². The van der Waals surface area contributed by atoms with Crippen molar-refractivity contribution in [3.63, 3.8) is 0 Å². The van der Waals surface area contributed by atoms with Gasteiger partial charge in [-0.1, -0.05) is 15.9 Å². The molecule has 0 saturated heterocycles. The zero-order valence-corrected chi connectivity index (χ0v) is 10.5. The standard InChI is InChI=1S/C12H7BrFNO3/c13-8-2-3-9(14)10(5-8)15-6-7(12(17)18)1-4-11(15)16/h1-6H,(H,17,18). The van der Waals surface area contributed by atoms with Gasteiger partial charge in [-0.15, -0.1) is 0 Å². The van der Waals surface area contributed by atoms with Gasteiger partial charge in [-0.25, -0.2) is 9.18 Å². The Morgan fingerprint density at radius 3 is 2.67 bits per heavy atom. The molecule has 0 bridgehead atoms. The minimum Gasteiger partial charge on any atom is -0.478 e. The largest absolute Gasteiger partial charge is 0.478 e. The van der Waals surface area contributed by atoms with Crippen LogP contribution in [0.1, 0.15) is 10.4 Å². The van der Waals surface area contributed by atoms with Crippen LogP contribution in [-0.2, 0) is 0 Å². The molecule has 4 nitrogen and oxygen atoms in total. The lowest BCUT2D eigenvalue weighted by Crippen LogP contribution is -2.19. The third-order valence-electron chi connectivity index (χ3n) is 2.33. The Kier molecular flexibility index (Phi) is 3.29. The number of aromatic carboxylic acids is 1. The molecule has 0 radical (unpaired) electrons. The molecule has 1 N–H and O–H groups in total. The monoisotopic (exact) mass is 311 g/mol. The predicted octanol–water partition coefficient (Wildman–Crippen LogP) is 2.44. The molecule has 1 heterocycles. The van der Waals surface area contributed by atoms with Gasteiger partial charge < -0.3 is 5.11 Å². The first-order valence-electron chi connectivity index (χ1n) is 4.90. The van der Waals surface area contributed by atoms with Gasteiger partial charge in [0.05, 0.1) is 11.3 Å². The van der Waals surface area contributed by atoms with Crippen LogP contribution in [0.15, 0.2) is 45.8 Å². The maximum Gasteiger partial charge on any atom is 0.337 e. The van der Waals surface area contributed by atoms with E-state index in [4.69, 9.17) is 5.11 Å². The molecule has 92 valence electrons. The van der Waals surface area contributed by atoms with Crippen molar-refractivity contribution < 1.29 is 14.3 Å². The lowest BCUT2D eigenvalue weighted by molar-refractivity contribution is 0.0696. The summed E-state index contributed by atoms with van der Waals surface area (Å²) in [5, 5.41) is 8.85. The number of nitrogens with zero attached hydrogens (tertiary/aromatic N) is 1. The molecule has 1 aromatic heterocycles. The number of benzene rings is 1. The summed E-state index contributed by atoms with van der Waals surface area (Å²) in [7, 11) is 0. The van der Waals surface area contributed by atoms with E-state index in [-0.39, 0.29) is 11.3 Å². The van der Waals surface area contributed by atoms with Gasteiger partial charge in [-0.05, 0) is 24.3 Å². The minimum atomic E-state index is -1.18. The highest BCUT2D eigenvalue weighted by Gasteiger charge is 2.10. The quantitative estimate of drug-likeness (QED) is 0.926. The first-order chi connectivity index (χ1) is 8.49. The Hall–Kier alpha value is -1.95. The number of carboxylic acid groups (broad SMARTS) is 1. The number of carbonyl (C=O) groups is 1. The van der Waals surface area contributed by atoms with Crippen LogP contribution in [0.4, 0.5) is 4.39 Å². The van der Waals surface area contributed by atoms with Crippen LogP contribution in [-0.4, -0.2) is 15.6 Å². The van der Waals surface area contributed by atoms with Crippen molar-refractivity contribution in [2.75, 3.05) is 0 Å². The first-order valence-corrected chi connectivity index (χ1v) is 5.70. The van der Waals surface area contributed by atoms with Gasteiger partial charge in [0.15, 0.2) is 0 Å². The number of carboxylic acids is 1. The second kappa shape index (κ2) is 4.73. The van der Waals surface area contributed by atoms with E-state index < -0.39 is 17.3 Å². The predicted molar refractivity (Wildman–Crippen MR) is 66.7 cm³/mol. The smallest absolute Gasteiger partial charge is 0.337 e. The van der Waals surface area contributed by atoms with Crippen LogP contribution >= 0.6 is 15.9 Å². The van der Waals surface area contributed by atoms with Crippen LogP contribution in [0, 0.1) is 5.82 Å². The molecule has 2 rings (SSSR count). The number of pyridine rings is 1. The molecule has 1 aromatic carbocycles. The molecule has 2 aromatic rings. The Balaban J connectivity index is 2.70. The van der Waals surface area contributed by atoms with E-state index >= 15 is 0 Å². The van der Waals surface area contributed by atoms with Gasteiger partial charge in [0, 0.05) is 16.7 Å². The Labute approximate surface area is 109 Å². The normalized spacial score (nSPS) is 10.3. The fourth-order valence-electron chi connectivity index (χ4n) is 1.47. The van der Waals surface area contributed by atoms with E-state index in [9.17, 15) is 14.0 Å². The molecule has 0 fully saturated rings. The van der Waals surface area contributed by atoms with E-state index in [2.05, 4.69) is 15.9 Å².